The van der Waals surface area contributed by atoms with Crippen LogP contribution in [-0.4, -0.2) is 45.9 Å². The van der Waals surface area contributed by atoms with Gasteiger partial charge in [-0.3, -0.25) is 14.6 Å². The Balaban J connectivity index is 1.29. The Hall–Kier alpha value is -3.41. The lowest BCUT2D eigenvalue weighted by Crippen LogP contribution is -2.43. The van der Waals surface area contributed by atoms with Gasteiger partial charge >= 0.3 is 0 Å². The molecule has 0 atom stereocenters. The van der Waals surface area contributed by atoms with Crippen LogP contribution < -0.4 is 5.32 Å². The summed E-state index contributed by atoms with van der Waals surface area (Å²) in [6.45, 7) is 3.91. The van der Waals surface area contributed by atoms with E-state index in [2.05, 4.69) is 29.4 Å². The summed E-state index contributed by atoms with van der Waals surface area (Å²) in [7, 11) is 0. The van der Waals surface area contributed by atoms with E-state index in [4.69, 9.17) is 0 Å². The number of aryl methyl sites for hydroxylation is 1. The van der Waals surface area contributed by atoms with Crippen molar-refractivity contribution < 1.29 is 9.59 Å². The number of aromatic nitrogens is 2. The van der Waals surface area contributed by atoms with Crippen molar-refractivity contribution in [2.75, 3.05) is 19.6 Å². The maximum atomic E-state index is 13.1. The minimum atomic E-state index is -0.0361. The number of hydrogen-bond acceptors (Lipinski definition) is 3. The van der Waals surface area contributed by atoms with Crippen molar-refractivity contribution in [2.24, 2.45) is 5.92 Å². The number of carbonyl (C=O) groups is 2. The highest BCUT2D eigenvalue weighted by atomic mass is 16.2. The van der Waals surface area contributed by atoms with Gasteiger partial charge < -0.3 is 14.8 Å². The first kappa shape index (κ1) is 20.8. The van der Waals surface area contributed by atoms with E-state index in [1.165, 1.54) is 11.1 Å². The van der Waals surface area contributed by atoms with E-state index in [0.717, 1.165) is 12.1 Å². The molecule has 1 aliphatic heterocycles. The van der Waals surface area contributed by atoms with Gasteiger partial charge in [-0.25, -0.2) is 0 Å². The smallest absolute Gasteiger partial charge is 0.270 e. The molecule has 1 N–H and O–H groups in total. The average Bonchev–Trinajstić information content (AvgIpc) is 3.30. The normalized spacial score (nSPS) is 14.4. The Morgan fingerprint density at radius 2 is 1.87 bits per heavy atom. The lowest BCUT2D eigenvalue weighted by Gasteiger charge is -2.31. The maximum absolute atomic E-state index is 13.1. The summed E-state index contributed by atoms with van der Waals surface area (Å²) in [5.74, 6) is 0.0534. The zero-order chi connectivity index (χ0) is 21.6. The van der Waals surface area contributed by atoms with Gasteiger partial charge in [0.1, 0.15) is 5.69 Å². The molecular formula is C25H28N4O2. The van der Waals surface area contributed by atoms with E-state index in [-0.39, 0.29) is 17.7 Å². The molecule has 0 unspecified atom stereocenters. The van der Waals surface area contributed by atoms with Crippen LogP contribution in [0.4, 0.5) is 0 Å². The molecule has 0 saturated carbocycles. The van der Waals surface area contributed by atoms with Gasteiger partial charge in [0.2, 0.25) is 5.91 Å². The van der Waals surface area contributed by atoms with Crippen LogP contribution >= 0.6 is 0 Å². The van der Waals surface area contributed by atoms with Crippen molar-refractivity contribution in [1.29, 1.82) is 0 Å². The molecule has 31 heavy (non-hydrogen) atoms. The Morgan fingerprint density at radius 3 is 2.61 bits per heavy atom. The summed E-state index contributed by atoms with van der Waals surface area (Å²) in [5.41, 5.74) is 3.99. The SMILES string of the molecule is Cc1ccccc1CCNC(=O)C1CCN(C(=O)c2cccn2-c2cccnc2)CC1. The lowest BCUT2D eigenvalue weighted by molar-refractivity contribution is -0.126. The largest absolute Gasteiger partial charge is 0.356 e. The van der Waals surface area contributed by atoms with E-state index in [1.54, 1.807) is 12.4 Å². The topological polar surface area (TPSA) is 67.2 Å². The third kappa shape index (κ3) is 4.85. The number of carbonyl (C=O) groups excluding carboxylic acids is 2. The molecule has 6 nitrogen and oxygen atoms in total. The predicted molar refractivity (Wildman–Crippen MR) is 120 cm³/mol. The number of rotatable bonds is 6. The summed E-state index contributed by atoms with van der Waals surface area (Å²) in [6, 6.07) is 15.7. The number of hydrogen-bond donors (Lipinski definition) is 1. The Bertz CT molecular complexity index is 1040. The molecule has 4 rings (SSSR count). The van der Waals surface area contributed by atoms with Gasteiger partial charge in [-0.1, -0.05) is 24.3 Å². The number of piperidine rings is 1. The summed E-state index contributed by atoms with van der Waals surface area (Å²) in [6.07, 6.45) is 7.54. The standard InChI is InChI=1S/C25H28N4O2/c1-19-6-2-3-7-20(19)10-14-27-24(30)21-11-16-28(17-12-21)25(31)23-9-5-15-29(23)22-8-4-13-26-18-22/h2-9,13,15,18,21H,10-12,14,16-17H2,1H3,(H,27,30). The van der Waals surface area contributed by atoms with Crippen LogP contribution in [0.5, 0.6) is 0 Å². The van der Waals surface area contributed by atoms with Crippen molar-refractivity contribution in [3.8, 4) is 5.69 Å². The van der Waals surface area contributed by atoms with Crippen LogP contribution in [0.1, 0.15) is 34.5 Å². The molecule has 1 saturated heterocycles. The third-order valence-electron chi connectivity index (χ3n) is 6.00. The first-order chi connectivity index (χ1) is 15.1. The number of nitrogens with one attached hydrogen (secondary N) is 1. The summed E-state index contributed by atoms with van der Waals surface area (Å²) < 4.78 is 1.86. The summed E-state index contributed by atoms with van der Waals surface area (Å²) >= 11 is 0. The lowest BCUT2D eigenvalue weighted by atomic mass is 9.95. The highest BCUT2D eigenvalue weighted by Crippen LogP contribution is 2.21. The van der Waals surface area contributed by atoms with Gasteiger partial charge in [0.25, 0.3) is 5.91 Å². The van der Waals surface area contributed by atoms with Crippen LogP contribution in [0.2, 0.25) is 0 Å². The minimum Gasteiger partial charge on any atom is -0.356 e. The van der Waals surface area contributed by atoms with Crippen LogP contribution in [0.15, 0.2) is 67.1 Å². The highest BCUT2D eigenvalue weighted by Gasteiger charge is 2.28. The number of amides is 2. The molecule has 6 heteroatoms. The van der Waals surface area contributed by atoms with Crippen molar-refractivity contribution >= 4 is 11.8 Å². The Morgan fingerprint density at radius 1 is 1.06 bits per heavy atom. The van der Waals surface area contributed by atoms with Crippen molar-refractivity contribution in [3.63, 3.8) is 0 Å². The molecule has 3 heterocycles. The Labute approximate surface area is 182 Å². The molecule has 0 aliphatic carbocycles. The van der Waals surface area contributed by atoms with Gasteiger partial charge in [-0.05, 0) is 61.6 Å². The molecule has 0 spiro atoms. The summed E-state index contributed by atoms with van der Waals surface area (Å²) in [4.78, 5) is 31.7. The van der Waals surface area contributed by atoms with Crippen LogP contribution in [0.3, 0.4) is 0 Å². The zero-order valence-electron chi connectivity index (χ0n) is 17.8. The van der Waals surface area contributed by atoms with E-state index >= 15 is 0 Å². The first-order valence-corrected chi connectivity index (χ1v) is 10.8. The second-order valence-electron chi connectivity index (χ2n) is 8.01. The molecular weight excluding hydrogens is 388 g/mol. The number of pyridine rings is 1. The monoisotopic (exact) mass is 416 g/mol. The van der Waals surface area contributed by atoms with E-state index in [0.29, 0.717) is 38.2 Å². The first-order valence-electron chi connectivity index (χ1n) is 10.8. The molecule has 3 aromatic rings. The van der Waals surface area contributed by atoms with Gasteiger partial charge in [0.05, 0.1) is 11.9 Å². The quantitative estimate of drug-likeness (QED) is 0.670. The minimum absolute atomic E-state index is 0.00716. The predicted octanol–water partition coefficient (Wildman–Crippen LogP) is 3.39. The van der Waals surface area contributed by atoms with Gasteiger partial charge in [0, 0.05) is 37.9 Å². The fourth-order valence-electron chi connectivity index (χ4n) is 4.14. The van der Waals surface area contributed by atoms with Crippen molar-refractivity contribution in [1.82, 2.24) is 19.8 Å². The number of benzene rings is 1. The number of likely N-dealkylation sites (tertiary alicyclic amines) is 1. The molecule has 160 valence electrons. The second kappa shape index (κ2) is 9.60. The fraction of sp³-hybridized carbons (Fsp3) is 0.320. The molecule has 1 aromatic carbocycles. The Kier molecular flexibility index (Phi) is 6.46. The van der Waals surface area contributed by atoms with Gasteiger partial charge in [-0.15, -0.1) is 0 Å². The molecule has 1 aliphatic rings. The second-order valence-corrected chi connectivity index (χ2v) is 8.01. The van der Waals surface area contributed by atoms with Crippen LogP contribution in [0, 0.1) is 12.8 Å². The fourth-order valence-corrected chi connectivity index (χ4v) is 4.14. The van der Waals surface area contributed by atoms with E-state index in [1.807, 2.05) is 52.1 Å². The molecule has 0 radical (unpaired) electrons. The summed E-state index contributed by atoms with van der Waals surface area (Å²) in [5, 5.41) is 3.08. The highest BCUT2D eigenvalue weighted by molar-refractivity contribution is 5.93. The zero-order valence-corrected chi connectivity index (χ0v) is 17.8. The van der Waals surface area contributed by atoms with Gasteiger partial charge in [0.15, 0.2) is 0 Å². The van der Waals surface area contributed by atoms with Crippen molar-refractivity contribution in [3.05, 3.63) is 83.9 Å². The number of nitrogens with zero attached hydrogens (tertiary/aromatic N) is 3. The van der Waals surface area contributed by atoms with Gasteiger partial charge in [-0.2, -0.15) is 0 Å². The van der Waals surface area contributed by atoms with Crippen molar-refractivity contribution in [2.45, 2.75) is 26.2 Å². The third-order valence-corrected chi connectivity index (χ3v) is 6.00. The van der Waals surface area contributed by atoms with E-state index in [9.17, 15) is 9.59 Å². The molecule has 2 aromatic heterocycles. The van der Waals surface area contributed by atoms with E-state index < -0.39 is 0 Å². The molecule has 1 fully saturated rings. The van der Waals surface area contributed by atoms with Crippen LogP contribution in [-0.2, 0) is 11.2 Å². The molecule has 2 amide bonds. The maximum Gasteiger partial charge on any atom is 0.270 e. The average molecular weight is 417 g/mol. The van der Waals surface area contributed by atoms with Crippen LogP contribution in [0.25, 0.3) is 5.69 Å². The molecule has 0 bridgehead atoms.